The van der Waals surface area contributed by atoms with Crippen molar-refractivity contribution in [2.45, 2.75) is 69.1 Å². The van der Waals surface area contributed by atoms with Gasteiger partial charge in [0.15, 0.2) is 0 Å². The first-order chi connectivity index (χ1) is 9.74. The van der Waals surface area contributed by atoms with Crippen LogP contribution in [0.3, 0.4) is 0 Å². The maximum absolute atomic E-state index is 3.50. The summed E-state index contributed by atoms with van der Waals surface area (Å²) in [6.07, 6.45) is 7.03. The number of nitrogens with one attached hydrogen (secondary N) is 1. The van der Waals surface area contributed by atoms with Crippen molar-refractivity contribution in [2.75, 3.05) is 6.54 Å². The molecule has 1 fully saturated rings. The van der Waals surface area contributed by atoms with Gasteiger partial charge in [-0.2, -0.15) is 0 Å². The van der Waals surface area contributed by atoms with Crippen LogP contribution >= 0.6 is 11.8 Å². The zero-order valence-electron chi connectivity index (χ0n) is 13.2. The largest absolute Gasteiger partial charge is 0.310 e. The van der Waals surface area contributed by atoms with Gasteiger partial charge in [0, 0.05) is 16.2 Å². The number of thioether (sulfide) groups is 1. The lowest BCUT2D eigenvalue weighted by atomic mass is 9.87. The summed E-state index contributed by atoms with van der Waals surface area (Å²) < 4.78 is 0. The maximum Gasteiger partial charge on any atom is 0.0292 e. The zero-order valence-corrected chi connectivity index (χ0v) is 14.0. The molecule has 0 bridgehead atoms. The van der Waals surface area contributed by atoms with Crippen LogP contribution < -0.4 is 5.32 Å². The Labute approximate surface area is 128 Å². The van der Waals surface area contributed by atoms with E-state index >= 15 is 0 Å². The molecule has 3 unspecified atom stereocenters. The van der Waals surface area contributed by atoms with Crippen LogP contribution in [0, 0.1) is 5.92 Å². The highest BCUT2D eigenvalue weighted by Gasteiger charge is 2.24. The smallest absolute Gasteiger partial charge is 0.0292 e. The summed E-state index contributed by atoms with van der Waals surface area (Å²) in [6.45, 7) is 7.80. The van der Waals surface area contributed by atoms with Crippen LogP contribution in [0.1, 0.15) is 64.5 Å². The molecule has 1 aromatic rings. The van der Waals surface area contributed by atoms with Gasteiger partial charge in [-0.25, -0.2) is 0 Å². The van der Waals surface area contributed by atoms with E-state index in [0.29, 0.717) is 6.04 Å². The minimum absolute atomic E-state index is 0.453. The quantitative estimate of drug-likeness (QED) is 0.751. The zero-order chi connectivity index (χ0) is 14.4. The highest BCUT2D eigenvalue weighted by Crippen LogP contribution is 2.39. The molecule has 2 heteroatoms. The van der Waals surface area contributed by atoms with Crippen LogP contribution in [-0.2, 0) is 0 Å². The molecule has 0 heterocycles. The molecule has 112 valence electrons. The fourth-order valence-corrected chi connectivity index (χ4v) is 4.77. The third-order valence-corrected chi connectivity index (χ3v) is 5.97. The number of rotatable bonds is 6. The molecular formula is C18H29NS. The maximum atomic E-state index is 3.50. The van der Waals surface area contributed by atoms with Crippen LogP contribution in [0.15, 0.2) is 29.2 Å². The Hall–Kier alpha value is -0.470. The number of hydrogen-bond acceptors (Lipinski definition) is 2. The number of hydrogen-bond donors (Lipinski definition) is 1. The van der Waals surface area contributed by atoms with Gasteiger partial charge in [-0.1, -0.05) is 45.2 Å². The Morgan fingerprint density at radius 2 is 2.05 bits per heavy atom. The Kier molecular flexibility index (Phi) is 6.44. The van der Waals surface area contributed by atoms with Crippen molar-refractivity contribution in [1.82, 2.24) is 5.32 Å². The summed E-state index contributed by atoms with van der Waals surface area (Å²) in [5, 5.41) is 4.34. The van der Waals surface area contributed by atoms with E-state index in [9.17, 15) is 0 Å². The van der Waals surface area contributed by atoms with E-state index in [1.807, 2.05) is 0 Å². The van der Waals surface area contributed by atoms with Gasteiger partial charge in [0.25, 0.3) is 0 Å². The van der Waals surface area contributed by atoms with E-state index in [1.165, 1.54) is 42.6 Å². The molecule has 1 aromatic carbocycles. The Balaban J connectivity index is 2.03. The second-order valence-electron chi connectivity index (χ2n) is 5.96. The molecule has 1 aliphatic carbocycles. The monoisotopic (exact) mass is 291 g/mol. The average Bonchev–Trinajstić information content (AvgIpc) is 2.48. The molecule has 0 radical (unpaired) electrons. The predicted octanol–water partition coefficient (Wildman–Crippen LogP) is 5.42. The van der Waals surface area contributed by atoms with Crippen LogP contribution in [0.25, 0.3) is 0 Å². The van der Waals surface area contributed by atoms with Crippen molar-refractivity contribution >= 4 is 11.8 Å². The molecule has 0 aliphatic heterocycles. The summed E-state index contributed by atoms with van der Waals surface area (Å²) in [7, 11) is 0. The predicted molar refractivity (Wildman–Crippen MR) is 90.4 cm³/mol. The van der Waals surface area contributed by atoms with Crippen molar-refractivity contribution < 1.29 is 0 Å². The first kappa shape index (κ1) is 15.9. The van der Waals surface area contributed by atoms with E-state index in [-0.39, 0.29) is 0 Å². The first-order valence-corrected chi connectivity index (χ1v) is 9.12. The van der Waals surface area contributed by atoms with Crippen molar-refractivity contribution in [3.05, 3.63) is 29.8 Å². The van der Waals surface area contributed by atoms with Gasteiger partial charge >= 0.3 is 0 Å². The highest BCUT2D eigenvalue weighted by molar-refractivity contribution is 8.00. The molecular weight excluding hydrogens is 262 g/mol. The van der Waals surface area contributed by atoms with E-state index in [1.54, 1.807) is 0 Å². The van der Waals surface area contributed by atoms with Gasteiger partial charge in [0.1, 0.15) is 0 Å². The fraction of sp³-hybridized carbons (Fsp3) is 0.667. The Bertz CT molecular complexity index is 404. The first-order valence-electron chi connectivity index (χ1n) is 8.24. The fourth-order valence-electron chi connectivity index (χ4n) is 3.25. The summed E-state index contributed by atoms with van der Waals surface area (Å²) in [4.78, 5) is 1.46. The normalized spacial score (nSPS) is 24.6. The van der Waals surface area contributed by atoms with Crippen molar-refractivity contribution in [3.8, 4) is 0 Å². The number of benzene rings is 1. The Morgan fingerprint density at radius 1 is 1.25 bits per heavy atom. The van der Waals surface area contributed by atoms with Gasteiger partial charge in [0.05, 0.1) is 0 Å². The highest BCUT2D eigenvalue weighted by atomic mass is 32.2. The molecule has 1 N–H and O–H groups in total. The molecule has 20 heavy (non-hydrogen) atoms. The van der Waals surface area contributed by atoms with Crippen LogP contribution in [0.2, 0.25) is 0 Å². The molecule has 1 nitrogen and oxygen atoms in total. The molecule has 2 rings (SSSR count). The lowest BCUT2D eigenvalue weighted by molar-refractivity contribution is 0.361. The van der Waals surface area contributed by atoms with E-state index in [2.05, 4.69) is 62.1 Å². The average molecular weight is 292 g/mol. The van der Waals surface area contributed by atoms with Gasteiger partial charge in [-0.3, -0.25) is 0 Å². The second-order valence-corrected chi connectivity index (χ2v) is 7.27. The lowest BCUT2D eigenvalue weighted by Gasteiger charge is -2.30. The summed E-state index contributed by atoms with van der Waals surface area (Å²) in [5.41, 5.74) is 1.42. The molecule has 0 amide bonds. The van der Waals surface area contributed by atoms with Crippen molar-refractivity contribution in [1.29, 1.82) is 0 Å². The molecule has 0 saturated heterocycles. The Morgan fingerprint density at radius 3 is 2.80 bits per heavy atom. The summed E-state index contributed by atoms with van der Waals surface area (Å²) in [5.74, 6) is 0.920. The minimum Gasteiger partial charge on any atom is -0.310 e. The summed E-state index contributed by atoms with van der Waals surface area (Å²) >= 11 is 2.12. The minimum atomic E-state index is 0.453. The van der Waals surface area contributed by atoms with Crippen LogP contribution in [0.5, 0.6) is 0 Å². The molecule has 1 aliphatic rings. The topological polar surface area (TPSA) is 12.0 Å². The SMILES string of the molecule is CCNC(C)c1cccc(SC2CCCCC2CC)c1. The third kappa shape index (κ3) is 4.26. The van der Waals surface area contributed by atoms with Crippen molar-refractivity contribution in [3.63, 3.8) is 0 Å². The molecule has 0 spiro atoms. The van der Waals surface area contributed by atoms with Gasteiger partial charge < -0.3 is 5.32 Å². The standard InChI is InChI=1S/C18H29NS/c1-4-15-9-6-7-12-18(15)20-17-11-8-10-16(13-17)14(3)19-5-2/h8,10-11,13-15,18-19H,4-7,9,12H2,1-3H3. The lowest BCUT2D eigenvalue weighted by Crippen LogP contribution is -2.21. The van der Waals surface area contributed by atoms with Crippen molar-refractivity contribution in [2.24, 2.45) is 5.92 Å². The van der Waals surface area contributed by atoms with Gasteiger partial charge in [-0.05, 0) is 49.9 Å². The van der Waals surface area contributed by atoms with Gasteiger partial charge in [-0.15, -0.1) is 11.8 Å². The van der Waals surface area contributed by atoms with E-state index in [0.717, 1.165) is 17.7 Å². The third-order valence-electron chi connectivity index (χ3n) is 4.52. The van der Waals surface area contributed by atoms with E-state index < -0.39 is 0 Å². The van der Waals surface area contributed by atoms with Crippen LogP contribution in [-0.4, -0.2) is 11.8 Å². The molecule has 1 saturated carbocycles. The van der Waals surface area contributed by atoms with E-state index in [4.69, 9.17) is 0 Å². The van der Waals surface area contributed by atoms with Gasteiger partial charge in [0.2, 0.25) is 0 Å². The molecule has 3 atom stereocenters. The second kappa shape index (κ2) is 8.09. The molecule has 0 aromatic heterocycles. The van der Waals surface area contributed by atoms with Crippen LogP contribution in [0.4, 0.5) is 0 Å². The summed E-state index contributed by atoms with van der Waals surface area (Å²) in [6, 6.07) is 9.59.